The van der Waals surface area contributed by atoms with Gasteiger partial charge in [-0.15, -0.1) is 0 Å². The number of piperidine rings is 1. The van der Waals surface area contributed by atoms with Gasteiger partial charge in [0.1, 0.15) is 23.0 Å². The van der Waals surface area contributed by atoms with Gasteiger partial charge in [0.2, 0.25) is 0 Å². The number of methoxy groups -OCH3 is 1. The van der Waals surface area contributed by atoms with Crippen LogP contribution in [0.3, 0.4) is 0 Å². The van der Waals surface area contributed by atoms with E-state index in [1.807, 2.05) is 0 Å². The molecule has 1 fully saturated rings. The van der Waals surface area contributed by atoms with E-state index in [-0.39, 0.29) is 11.3 Å². The Balaban J connectivity index is 1.98. The topological polar surface area (TPSA) is 108 Å². The van der Waals surface area contributed by atoms with Gasteiger partial charge in [-0.2, -0.15) is 0 Å². The predicted octanol–water partition coefficient (Wildman–Crippen LogP) is 3.16. The number of benzene rings is 1. The minimum atomic E-state index is -0.781. The number of nitro benzene ring substituents is 1. The number of nitrogens with zero attached hydrogens (tertiary/aromatic N) is 2. The van der Waals surface area contributed by atoms with Gasteiger partial charge in [0.15, 0.2) is 0 Å². The zero-order valence-electron chi connectivity index (χ0n) is 15.9. The van der Waals surface area contributed by atoms with Gasteiger partial charge in [-0.1, -0.05) is 0 Å². The number of likely N-dealkylation sites (tertiary alicyclic amines) is 1. The van der Waals surface area contributed by atoms with Crippen LogP contribution in [0.15, 0.2) is 18.2 Å². The molecule has 1 heterocycles. The minimum absolute atomic E-state index is 0.158. The second-order valence-corrected chi connectivity index (χ2v) is 7.21. The van der Waals surface area contributed by atoms with Gasteiger partial charge in [-0.25, -0.2) is 9.59 Å². The third-order valence-electron chi connectivity index (χ3n) is 3.99. The molecule has 9 nitrogen and oxygen atoms in total. The number of esters is 1. The number of carbonyl (C=O) groups excluding carboxylic acids is 2. The molecule has 0 aliphatic carbocycles. The molecule has 0 N–H and O–H groups in total. The summed E-state index contributed by atoms with van der Waals surface area (Å²) >= 11 is 0. The van der Waals surface area contributed by atoms with Crippen LogP contribution in [-0.4, -0.2) is 53.8 Å². The van der Waals surface area contributed by atoms with Crippen molar-refractivity contribution < 1.29 is 28.7 Å². The molecule has 0 radical (unpaired) electrons. The second kappa shape index (κ2) is 8.24. The number of hydrogen-bond donors (Lipinski definition) is 0. The van der Waals surface area contributed by atoms with Crippen LogP contribution in [0.2, 0.25) is 0 Å². The molecule has 1 aromatic rings. The molecule has 1 amide bonds. The quantitative estimate of drug-likeness (QED) is 0.448. The lowest BCUT2D eigenvalue weighted by Crippen LogP contribution is -2.43. The maximum absolute atomic E-state index is 12.4. The Morgan fingerprint density at radius 2 is 1.85 bits per heavy atom. The van der Waals surface area contributed by atoms with E-state index in [2.05, 4.69) is 0 Å². The summed E-state index contributed by atoms with van der Waals surface area (Å²) < 4.78 is 15.8. The normalized spacial score (nSPS) is 15.2. The largest absolute Gasteiger partial charge is 0.497 e. The summed E-state index contributed by atoms with van der Waals surface area (Å²) in [6.07, 6.45) is 0.0311. The maximum atomic E-state index is 12.4. The van der Waals surface area contributed by atoms with E-state index >= 15 is 0 Å². The van der Waals surface area contributed by atoms with E-state index in [4.69, 9.17) is 14.2 Å². The average molecular weight is 380 g/mol. The first-order chi connectivity index (χ1) is 12.6. The summed E-state index contributed by atoms with van der Waals surface area (Å²) in [5, 5.41) is 11.1. The Morgan fingerprint density at radius 3 is 2.37 bits per heavy atom. The highest BCUT2D eigenvalue weighted by Gasteiger charge is 2.30. The van der Waals surface area contributed by atoms with Crippen molar-refractivity contribution in [2.75, 3.05) is 20.2 Å². The Morgan fingerprint density at radius 1 is 1.22 bits per heavy atom. The SMILES string of the molecule is COc1ccc([N+](=O)[O-])c(C(=O)OC2CCN(C(=O)OC(C)(C)C)CC2)c1. The van der Waals surface area contributed by atoms with E-state index in [9.17, 15) is 19.7 Å². The Labute approximate surface area is 157 Å². The monoisotopic (exact) mass is 380 g/mol. The zero-order chi connectivity index (χ0) is 20.2. The summed E-state index contributed by atoms with van der Waals surface area (Å²) in [6, 6.07) is 3.91. The second-order valence-electron chi connectivity index (χ2n) is 7.21. The van der Waals surface area contributed by atoms with Crippen molar-refractivity contribution in [3.8, 4) is 5.75 Å². The number of carbonyl (C=O) groups is 2. The fourth-order valence-electron chi connectivity index (χ4n) is 2.66. The summed E-state index contributed by atoms with van der Waals surface area (Å²) in [4.78, 5) is 36.6. The molecule has 0 saturated carbocycles. The van der Waals surface area contributed by atoms with Crippen molar-refractivity contribution in [3.63, 3.8) is 0 Å². The number of rotatable bonds is 4. The molecule has 0 spiro atoms. The van der Waals surface area contributed by atoms with Crippen LogP contribution < -0.4 is 4.74 Å². The first-order valence-corrected chi connectivity index (χ1v) is 8.62. The molecular weight excluding hydrogens is 356 g/mol. The minimum Gasteiger partial charge on any atom is -0.497 e. The lowest BCUT2D eigenvalue weighted by Gasteiger charge is -2.33. The highest BCUT2D eigenvalue weighted by Crippen LogP contribution is 2.26. The molecule has 1 saturated heterocycles. The molecule has 9 heteroatoms. The fourth-order valence-corrected chi connectivity index (χ4v) is 2.66. The number of ether oxygens (including phenoxy) is 3. The Bertz CT molecular complexity index is 719. The lowest BCUT2D eigenvalue weighted by atomic mass is 10.1. The summed E-state index contributed by atoms with van der Waals surface area (Å²) in [7, 11) is 1.41. The first kappa shape index (κ1) is 20.5. The number of amides is 1. The standard InChI is InChI=1S/C18H24N2O7/c1-18(2,3)27-17(22)19-9-7-12(8-10-19)26-16(21)14-11-13(25-4)5-6-15(14)20(23)24/h5-6,11-12H,7-10H2,1-4H3. The van der Waals surface area contributed by atoms with Gasteiger partial charge in [-0.3, -0.25) is 10.1 Å². The van der Waals surface area contributed by atoms with Crippen LogP contribution in [0.25, 0.3) is 0 Å². The van der Waals surface area contributed by atoms with E-state index in [1.165, 1.54) is 25.3 Å². The van der Waals surface area contributed by atoms with E-state index in [1.54, 1.807) is 25.7 Å². The summed E-state index contributed by atoms with van der Waals surface area (Å²) in [5.74, 6) is -0.455. The molecular formula is C18H24N2O7. The van der Waals surface area contributed by atoms with Gasteiger partial charge in [-0.05, 0) is 26.8 Å². The van der Waals surface area contributed by atoms with Crippen molar-refractivity contribution in [1.29, 1.82) is 0 Å². The molecule has 1 aliphatic rings. The Hall–Kier alpha value is -2.84. The van der Waals surface area contributed by atoms with Crippen molar-refractivity contribution in [2.24, 2.45) is 0 Å². The van der Waals surface area contributed by atoms with Crippen LogP contribution >= 0.6 is 0 Å². The van der Waals surface area contributed by atoms with E-state index < -0.39 is 28.7 Å². The van der Waals surface area contributed by atoms with Gasteiger partial charge in [0, 0.05) is 38.1 Å². The fraction of sp³-hybridized carbons (Fsp3) is 0.556. The molecule has 27 heavy (non-hydrogen) atoms. The predicted molar refractivity (Wildman–Crippen MR) is 95.9 cm³/mol. The third kappa shape index (κ3) is 5.57. The average Bonchev–Trinajstić information content (AvgIpc) is 2.60. The molecule has 2 rings (SSSR count). The van der Waals surface area contributed by atoms with E-state index in [0.29, 0.717) is 31.7 Å². The van der Waals surface area contributed by atoms with Crippen LogP contribution in [0.5, 0.6) is 5.75 Å². The van der Waals surface area contributed by atoms with Gasteiger partial charge >= 0.3 is 12.1 Å². The highest BCUT2D eigenvalue weighted by atomic mass is 16.6. The first-order valence-electron chi connectivity index (χ1n) is 8.62. The summed E-state index contributed by atoms with van der Waals surface area (Å²) in [6.45, 7) is 6.14. The van der Waals surface area contributed by atoms with E-state index in [0.717, 1.165) is 0 Å². The molecule has 0 aromatic heterocycles. The van der Waals surface area contributed by atoms with Crippen molar-refractivity contribution >= 4 is 17.7 Å². The van der Waals surface area contributed by atoms with Crippen LogP contribution in [-0.2, 0) is 9.47 Å². The van der Waals surface area contributed by atoms with Crippen LogP contribution in [0.4, 0.5) is 10.5 Å². The highest BCUT2D eigenvalue weighted by molar-refractivity contribution is 5.94. The summed E-state index contributed by atoms with van der Waals surface area (Å²) in [5.41, 5.74) is -1.08. The third-order valence-corrected chi connectivity index (χ3v) is 3.99. The Kier molecular flexibility index (Phi) is 6.24. The smallest absolute Gasteiger partial charge is 0.410 e. The molecule has 0 atom stereocenters. The molecule has 148 valence electrons. The van der Waals surface area contributed by atoms with Crippen molar-refractivity contribution in [2.45, 2.75) is 45.3 Å². The van der Waals surface area contributed by atoms with Crippen molar-refractivity contribution in [3.05, 3.63) is 33.9 Å². The van der Waals surface area contributed by atoms with Crippen molar-refractivity contribution in [1.82, 2.24) is 4.90 Å². The number of hydrogen-bond acceptors (Lipinski definition) is 7. The van der Waals surface area contributed by atoms with Gasteiger partial charge in [0.25, 0.3) is 5.69 Å². The van der Waals surface area contributed by atoms with Crippen LogP contribution in [0.1, 0.15) is 44.0 Å². The maximum Gasteiger partial charge on any atom is 0.410 e. The van der Waals surface area contributed by atoms with Gasteiger partial charge < -0.3 is 19.1 Å². The molecule has 0 unspecified atom stereocenters. The lowest BCUT2D eigenvalue weighted by molar-refractivity contribution is -0.385. The van der Waals surface area contributed by atoms with Crippen LogP contribution in [0, 0.1) is 10.1 Å². The molecule has 0 bridgehead atoms. The molecule has 1 aliphatic heterocycles. The van der Waals surface area contributed by atoms with Gasteiger partial charge in [0.05, 0.1) is 12.0 Å². The zero-order valence-corrected chi connectivity index (χ0v) is 15.9. The molecule has 1 aromatic carbocycles. The number of nitro groups is 1.